The molecule has 0 unspecified atom stereocenters. The van der Waals surface area contributed by atoms with Gasteiger partial charge in [-0.25, -0.2) is 8.42 Å². The van der Waals surface area contributed by atoms with Crippen LogP contribution in [0.4, 0.5) is 0 Å². The van der Waals surface area contributed by atoms with Gasteiger partial charge in [-0.05, 0) is 30.3 Å². The number of terminal acetylenes is 1. The van der Waals surface area contributed by atoms with E-state index in [1.165, 1.54) is 23.5 Å². The molecule has 0 saturated carbocycles. The number of benzene rings is 2. The summed E-state index contributed by atoms with van der Waals surface area (Å²) < 4.78 is 27.4. The number of rotatable bonds is 3. The number of hydrogen-bond acceptors (Lipinski definition) is 4. The number of aromatic nitrogens is 1. The lowest BCUT2D eigenvalue weighted by Crippen LogP contribution is -2.17. The smallest absolute Gasteiger partial charge is 0.280 e. The van der Waals surface area contributed by atoms with E-state index < -0.39 is 15.7 Å². The minimum atomic E-state index is -3.54. The molecule has 0 saturated heterocycles. The van der Waals surface area contributed by atoms with E-state index in [2.05, 4.69) is 26.8 Å². The van der Waals surface area contributed by atoms with Crippen molar-refractivity contribution < 1.29 is 13.2 Å². The number of sulfone groups is 1. The van der Waals surface area contributed by atoms with Gasteiger partial charge in [-0.15, -0.1) is 6.42 Å². The van der Waals surface area contributed by atoms with Crippen molar-refractivity contribution in [2.45, 2.75) is 11.4 Å². The Hall–Kier alpha value is -2.21. The summed E-state index contributed by atoms with van der Waals surface area (Å²) in [5.74, 6) is 1.93. The average Bonchev–Trinajstić information content (AvgIpc) is 2.91. The molecular formula is C18H13BrN2O3S2. The second-order valence-corrected chi connectivity index (χ2v) is 9.38. The molecule has 0 aliphatic carbocycles. The maximum atomic E-state index is 12.7. The number of carbonyl (C=O) groups excluding carboxylic acids is 1. The third-order valence-electron chi connectivity index (χ3n) is 3.61. The van der Waals surface area contributed by atoms with Gasteiger partial charge in [0.1, 0.15) is 0 Å². The zero-order valence-corrected chi connectivity index (χ0v) is 16.9. The molecule has 0 aliphatic rings. The molecule has 0 fully saturated rings. The standard InChI is InChI=1S/C18H13BrN2O3S2/c1-3-10-21-14-9-8-12(19)11-15(14)25-18(21)20-17(22)13-6-4-5-7-16(13)26(2,23)24/h1,4-9,11H,10H2,2H3. The van der Waals surface area contributed by atoms with Gasteiger partial charge in [0.2, 0.25) is 0 Å². The van der Waals surface area contributed by atoms with Crippen molar-refractivity contribution >= 4 is 53.2 Å². The summed E-state index contributed by atoms with van der Waals surface area (Å²) >= 11 is 4.73. The molecule has 0 atom stereocenters. The van der Waals surface area contributed by atoms with Gasteiger partial charge in [0.15, 0.2) is 14.6 Å². The first-order valence-electron chi connectivity index (χ1n) is 7.42. The maximum Gasteiger partial charge on any atom is 0.280 e. The number of amides is 1. The van der Waals surface area contributed by atoms with Crippen LogP contribution in [0.3, 0.4) is 0 Å². The normalized spacial score (nSPS) is 12.3. The molecule has 5 nitrogen and oxygen atoms in total. The Morgan fingerprint density at radius 1 is 1.31 bits per heavy atom. The van der Waals surface area contributed by atoms with Crippen LogP contribution in [0.5, 0.6) is 0 Å². The van der Waals surface area contributed by atoms with Crippen LogP contribution in [0.25, 0.3) is 10.2 Å². The molecule has 0 N–H and O–H groups in total. The van der Waals surface area contributed by atoms with E-state index in [0.717, 1.165) is 20.9 Å². The minimum Gasteiger partial charge on any atom is -0.305 e. The average molecular weight is 449 g/mol. The van der Waals surface area contributed by atoms with Gasteiger partial charge >= 0.3 is 0 Å². The van der Waals surface area contributed by atoms with Crippen LogP contribution >= 0.6 is 27.3 Å². The second kappa shape index (κ2) is 7.19. The van der Waals surface area contributed by atoms with Crippen LogP contribution < -0.4 is 4.80 Å². The summed E-state index contributed by atoms with van der Waals surface area (Å²) in [6.45, 7) is 0.251. The number of hydrogen-bond donors (Lipinski definition) is 0. The lowest BCUT2D eigenvalue weighted by atomic mass is 10.2. The maximum absolute atomic E-state index is 12.7. The molecule has 0 radical (unpaired) electrons. The molecule has 132 valence electrons. The molecule has 3 rings (SSSR count). The SMILES string of the molecule is C#CCn1c(=NC(=O)c2ccccc2S(C)(=O)=O)sc2cc(Br)ccc21. The topological polar surface area (TPSA) is 68.5 Å². The highest BCUT2D eigenvalue weighted by molar-refractivity contribution is 9.10. The Balaban J connectivity index is 2.22. The molecule has 0 bridgehead atoms. The predicted molar refractivity (Wildman–Crippen MR) is 106 cm³/mol. The van der Waals surface area contributed by atoms with E-state index >= 15 is 0 Å². The van der Waals surface area contributed by atoms with Crippen LogP contribution in [0.1, 0.15) is 10.4 Å². The number of fused-ring (bicyclic) bond motifs is 1. The number of nitrogens with zero attached hydrogens (tertiary/aromatic N) is 2. The van der Waals surface area contributed by atoms with Crippen LogP contribution in [0, 0.1) is 12.3 Å². The fourth-order valence-corrected chi connectivity index (χ4v) is 4.95. The molecule has 0 aliphatic heterocycles. The van der Waals surface area contributed by atoms with E-state index in [1.807, 2.05) is 18.2 Å². The fraction of sp³-hybridized carbons (Fsp3) is 0.111. The fourth-order valence-electron chi connectivity index (χ4n) is 2.49. The first-order chi connectivity index (χ1) is 12.3. The lowest BCUT2D eigenvalue weighted by molar-refractivity contribution is 0.0995. The second-order valence-electron chi connectivity index (χ2n) is 5.47. The quantitative estimate of drug-likeness (QED) is 0.577. The summed E-state index contributed by atoms with van der Waals surface area (Å²) in [4.78, 5) is 17.2. The summed E-state index contributed by atoms with van der Waals surface area (Å²) in [5, 5.41) is 0. The van der Waals surface area contributed by atoms with E-state index in [9.17, 15) is 13.2 Å². The van der Waals surface area contributed by atoms with Crippen LogP contribution in [0.2, 0.25) is 0 Å². The highest BCUT2D eigenvalue weighted by Gasteiger charge is 2.18. The van der Waals surface area contributed by atoms with E-state index in [0.29, 0.717) is 4.80 Å². The molecular weight excluding hydrogens is 436 g/mol. The zero-order valence-electron chi connectivity index (χ0n) is 13.6. The molecule has 1 amide bonds. The van der Waals surface area contributed by atoms with Crippen LogP contribution in [-0.4, -0.2) is 25.1 Å². The summed E-state index contributed by atoms with van der Waals surface area (Å²) in [6, 6.07) is 11.7. The van der Waals surface area contributed by atoms with Gasteiger partial charge in [0, 0.05) is 10.7 Å². The van der Waals surface area contributed by atoms with Crippen molar-refractivity contribution in [3.63, 3.8) is 0 Å². The molecule has 3 aromatic rings. The van der Waals surface area contributed by atoms with Gasteiger partial charge in [0.25, 0.3) is 5.91 Å². The molecule has 2 aromatic carbocycles. The monoisotopic (exact) mass is 448 g/mol. The van der Waals surface area contributed by atoms with Gasteiger partial charge in [0.05, 0.1) is 27.2 Å². The predicted octanol–water partition coefficient (Wildman–Crippen LogP) is 3.24. The van der Waals surface area contributed by atoms with E-state index in [1.54, 1.807) is 16.7 Å². The third kappa shape index (κ3) is 3.65. The van der Waals surface area contributed by atoms with Crippen LogP contribution in [-0.2, 0) is 16.4 Å². The van der Waals surface area contributed by atoms with Crippen molar-refractivity contribution in [2.24, 2.45) is 4.99 Å². The van der Waals surface area contributed by atoms with Gasteiger partial charge in [-0.2, -0.15) is 4.99 Å². The molecule has 0 spiro atoms. The largest absolute Gasteiger partial charge is 0.305 e. The number of halogens is 1. The zero-order chi connectivity index (χ0) is 18.9. The Kier molecular flexibility index (Phi) is 5.14. The van der Waals surface area contributed by atoms with Crippen LogP contribution in [0.15, 0.2) is 56.8 Å². The first kappa shape index (κ1) is 18.6. The van der Waals surface area contributed by atoms with Crippen molar-refractivity contribution in [1.82, 2.24) is 4.57 Å². The van der Waals surface area contributed by atoms with Gasteiger partial charge in [-0.1, -0.05) is 45.3 Å². The van der Waals surface area contributed by atoms with Crippen molar-refractivity contribution in [3.8, 4) is 12.3 Å². The van der Waals surface area contributed by atoms with E-state index in [-0.39, 0.29) is 17.0 Å². The summed E-state index contributed by atoms with van der Waals surface area (Å²) in [5.41, 5.74) is 0.903. The van der Waals surface area contributed by atoms with E-state index in [4.69, 9.17) is 6.42 Å². The van der Waals surface area contributed by atoms with Crippen molar-refractivity contribution in [1.29, 1.82) is 0 Å². The highest BCUT2D eigenvalue weighted by atomic mass is 79.9. The molecule has 1 heterocycles. The Morgan fingerprint density at radius 3 is 2.73 bits per heavy atom. The summed E-state index contributed by atoms with van der Waals surface area (Å²) in [7, 11) is -3.54. The summed E-state index contributed by atoms with van der Waals surface area (Å²) in [6.07, 6.45) is 6.52. The number of thiazole rings is 1. The van der Waals surface area contributed by atoms with Gasteiger partial charge < -0.3 is 4.57 Å². The first-order valence-corrected chi connectivity index (χ1v) is 10.9. The number of carbonyl (C=O) groups is 1. The molecule has 1 aromatic heterocycles. The van der Waals surface area contributed by atoms with Crippen molar-refractivity contribution in [2.75, 3.05) is 6.26 Å². The minimum absolute atomic E-state index is 0.0406. The van der Waals surface area contributed by atoms with Gasteiger partial charge in [-0.3, -0.25) is 4.79 Å². The lowest BCUT2D eigenvalue weighted by Gasteiger charge is -2.04. The highest BCUT2D eigenvalue weighted by Crippen LogP contribution is 2.22. The Labute approximate surface area is 163 Å². The van der Waals surface area contributed by atoms with Crippen molar-refractivity contribution in [3.05, 3.63) is 57.3 Å². The third-order valence-corrected chi connectivity index (χ3v) is 6.30. The molecule has 26 heavy (non-hydrogen) atoms. The Morgan fingerprint density at radius 2 is 2.04 bits per heavy atom. The Bertz CT molecular complexity index is 1230. The molecule has 8 heteroatoms.